The highest BCUT2D eigenvalue weighted by Gasteiger charge is 2.40. The molecule has 0 spiro atoms. The van der Waals surface area contributed by atoms with E-state index >= 15 is 0 Å². The average molecular weight is 478 g/mol. The summed E-state index contributed by atoms with van der Waals surface area (Å²) in [7, 11) is 0. The molecule has 1 atom stereocenters. The molecular weight excluding hydrogens is 451 g/mol. The quantitative estimate of drug-likeness (QED) is 0.542. The van der Waals surface area contributed by atoms with Crippen LogP contribution in [0.4, 0.5) is 13.2 Å². The molecule has 34 heavy (non-hydrogen) atoms. The van der Waals surface area contributed by atoms with Gasteiger partial charge in [0.05, 0.1) is 18.5 Å². The highest BCUT2D eigenvalue weighted by molar-refractivity contribution is 5.79. The lowest BCUT2D eigenvalue weighted by molar-refractivity contribution is -0.908. The number of piperidine rings is 1. The summed E-state index contributed by atoms with van der Waals surface area (Å²) in [6, 6.07) is 10.4. The number of nitrogens with one attached hydrogen (secondary N) is 1. The normalized spacial score (nSPS) is 15.9. The molecule has 4 rings (SSSR count). The van der Waals surface area contributed by atoms with Gasteiger partial charge in [0.1, 0.15) is 36.3 Å². The number of aliphatic hydroxyl groups excluding tert-OH is 1. The number of likely N-dealkylation sites (tertiary alicyclic amines) is 1. The van der Waals surface area contributed by atoms with Gasteiger partial charge in [-0.15, -0.1) is 0 Å². The minimum atomic E-state index is -4.95. The molecule has 6 nitrogen and oxygen atoms in total. The predicted molar refractivity (Wildman–Crippen MR) is 120 cm³/mol. The van der Waals surface area contributed by atoms with Gasteiger partial charge in [0, 0.05) is 6.07 Å². The van der Waals surface area contributed by atoms with Crippen molar-refractivity contribution in [1.29, 1.82) is 0 Å². The van der Waals surface area contributed by atoms with Gasteiger partial charge in [-0.3, -0.25) is 4.79 Å². The Labute approximate surface area is 194 Å². The molecule has 2 aromatic carbocycles. The standard InChI is InChI=1S/C25H26F3NO5/c1-16-6-5-7-19(12-16)33-23-22(31)20-9-8-18(13-21(20)34-24(23)25(26,27)28)32-15-17(30)14-29-10-3-2-4-11-29/h5-9,12-13,17,30H,2-4,10-11,14-15H2,1H3/p+1. The van der Waals surface area contributed by atoms with Gasteiger partial charge < -0.3 is 23.9 Å². The first kappa shape index (κ1) is 24.1. The van der Waals surface area contributed by atoms with Gasteiger partial charge in [-0.2, -0.15) is 13.2 Å². The summed E-state index contributed by atoms with van der Waals surface area (Å²) in [4.78, 5) is 14.2. The third kappa shape index (κ3) is 5.71. The Morgan fingerprint density at radius 2 is 1.85 bits per heavy atom. The molecule has 0 amide bonds. The van der Waals surface area contributed by atoms with Crippen LogP contribution < -0.4 is 19.8 Å². The van der Waals surface area contributed by atoms with Crippen molar-refractivity contribution in [3.05, 3.63) is 64.0 Å². The molecule has 0 bridgehead atoms. The Kier molecular flexibility index (Phi) is 7.13. The lowest BCUT2D eigenvalue weighted by atomic mass is 10.1. The third-order valence-electron chi connectivity index (χ3n) is 5.82. The number of aryl methyl sites for hydroxylation is 1. The van der Waals surface area contributed by atoms with Crippen LogP contribution in [0.15, 0.2) is 51.7 Å². The molecule has 1 saturated heterocycles. The second-order valence-corrected chi connectivity index (χ2v) is 8.64. The maximum atomic E-state index is 13.7. The number of benzene rings is 2. The van der Waals surface area contributed by atoms with E-state index in [1.54, 1.807) is 19.1 Å². The Morgan fingerprint density at radius 1 is 1.09 bits per heavy atom. The lowest BCUT2D eigenvalue weighted by Gasteiger charge is -2.25. The third-order valence-corrected chi connectivity index (χ3v) is 5.82. The summed E-state index contributed by atoms with van der Waals surface area (Å²) < 4.78 is 57.2. The van der Waals surface area contributed by atoms with Crippen molar-refractivity contribution in [3.8, 4) is 17.2 Å². The van der Waals surface area contributed by atoms with Crippen LogP contribution in [-0.4, -0.2) is 37.5 Å². The fraction of sp³-hybridized carbons (Fsp3) is 0.400. The number of hydrogen-bond acceptors (Lipinski definition) is 5. The summed E-state index contributed by atoms with van der Waals surface area (Å²) in [5, 5.41) is 10.2. The van der Waals surface area contributed by atoms with Crippen molar-refractivity contribution in [1.82, 2.24) is 0 Å². The van der Waals surface area contributed by atoms with Gasteiger partial charge in [0.2, 0.25) is 11.2 Å². The summed E-state index contributed by atoms with van der Waals surface area (Å²) in [5.41, 5.74) is -0.444. The molecule has 0 saturated carbocycles. The number of aliphatic hydroxyl groups is 1. The molecule has 1 unspecified atom stereocenters. The van der Waals surface area contributed by atoms with E-state index in [0.717, 1.165) is 31.5 Å². The molecule has 0 radical (unpaired) electrons. The van der Waals surface area contributed by atoms with Crippen molar-refractivity contribution in [2.45, 2.75) is 38.5 Å². The van der Waals surface area contributed by atoms with E-state index in [1.807, 2.05) is 0 Å². The number of alkyl halides is 3. The smallest absolute Gasteiger partial charge is 0.453 e. The topological polar surface area (TPSA) is 73.3 Å². The first-order valence-corrected chi connectivity index (χ1v) is 11.3. The van der Waals surface area contributed by atoms with Gasteiger partial charge in [-0.25, -0.2) is 0 Å². The van der Waals surface area contributed by atoms with Gasteiger partial charge >= 0.3 is 6.18 Å². The van der Waals surface area contributed by atoms with Gasteiger partial charge in [0.25, 0.3) is 5.76 Å². The molecule has 1 aliphatic rings. The van der Waals surface area contributed by atoms with Crippen LogP contribution >= 0.6 is 0 Å². The Hall–Kier alpha value is -3.04. The monoisotopic (exact) mass is 478 g/mol. The van der Waals surface area contributed by atoms with Crippen LogP contribution in [0.25, 0.3) is 11.0 Å². The highest BCUT2D eigenvalue weighted by Crippen LogP contribution is 2.38. The molecule has 1 fully saturated rings. The zero-order chi connectivity index (χ0) is 24.3. The van der Waals surface area contributed by atoms with Crippen molar-refractivity contribution >= 4 is 11.0 Å². The molecule has 3 aromatic rings. The zero-order valence-corrected chi connectivity index (χ0v) is 18.8. The van der Waals surface area contributed by atoms with Crippen molar-refractivity contribution in [2.75, 3.05) is 26.2 Å². The lowest BCUT2D eigenvalue weighted by Crippen LogP contribution is -3.14. The average Bonchev–Trinajstić information content (AvgIpc) is 2.79. The fourth-order valence-corrected chi connectivity index (χ4v) is 4.16. The van der Waals surface area contributed by atoms with E-state index in [0.29, 0.717) is 6.54 Å². The summed E-state index contributed by atoms with van der Waals surface area (Å²) >= 11 is 0. The highest BCUT2D eigenvalue weighted by atomic mass is 19.4. The number of ether oxygens (including phenoxy) is 2. The van der Waals surface area contributed by atoms with Crippen molar-refractivity contribution < 1.29 is 37.1 Å². The Morgan fingerprint density at radius 3 is 2.56 bits per heavy atom. The van der Waals surface area contributed by atoms with Crippen LogP contribution in [0.3, 0.4) is 0 Å². The maximum absolute atomic E-state index is 13.7. The van der Waals surface area contributed by atoms with E-state index in [1.165, 1.54) is 41.7 Å². The zero-order valence-electron chi connectivity index (χ0n) is 18.8. The van der Waals surface area contributed by atoms with Gasteiger partial charge in [-0.05, 0) is 56.0 Å². The SMILES string of the molecule is Cc1cccc(Oc2c(C(F)(F)F)oc3cc(OCC(O)C[NH+]4CCCCC4)ccc3c2=O)c1. The van der Waals surface area contributed by atoms with Crippen LogP contribution in [0, 0.1) is 6.92 Å². The molecule has 0 aliphatic carbocycles. The van der Waals surface area contributed by atoms with Crippen LogP contribution in [-0.2, 0) is 6.18 Å². The first-order valence-electron chi connectivity index (χ1n) is 11.3. The van der Waals surface area contributed by atoms with Gasteiger partial charge in [-0.1, -0.05) is 12.1 Å². The molecule has 9 heteroatoms. The maximum Gasteiger partial charge on any atom is 0.453 e. The van der Waals surface area contributed by atoms with E-state index in [4.69, 9.17) is 13.9 Å². The molecule has 1 aromatic heterocycles. The largest absolute Gasteiger partial charge is 0.491 e. The second kappa shape index (κ2) is 10.1. The second-order valence-electron chi connectivity index (χ2n) is 8.64. The Balaban J connectivity index is 1.58. The van der Waals surface area contributed by atoms with Crippen LogP contribution in [0.1, 0.15) is 30.6 Å². The fourth-order valence-electron chi connectivity index (χ4n) is 4.16. The number of quaternary nitrogens is 1. The number of hydrogen-bond donors (Lipinski definition) is 2. The molecular formula is C25H27F3NO5+. The van der Waals surface area contributed by atoms with Crippen molar-refractivity contribution in [2.24, 2.45) is 0 Å². The minimum absolute atomic E-state index is 0.0140. The van der Waals surface area contributed by atoms with E-state index in [2.05, 4.69) is 0 Å². The van der Waals surface area contributed by atoms with Crippen LogP contribution in [0.5, 0.6) is 17.2 Å². The van der Waals surface area contributed by atoms with Crippen molar-refractivity contribution in [3.63, 3.8) is 0 Å². The van der Waals surface area contributed by atoms with E-state index in [-0.39, 0.29) is 29.1 Å². The number of halogens is 3. The van der Waals surface area contributed by atoms with E-state index in [9.17, 15) is 23.1 Å². The summed E-state index contributed by atoms with van der Waals surface area (Å²) in [5.74, 6) is -2.14. The Bertz CT molecular complexity index is 1200. The van der Waals surface area contributed by atoms with Crippen LogP contribution in [0.2, 0.25) is 0 Å². The minimum Gasteiger partial charge on any atom is -0.491 e. The number of rotatable bonds is 7. The summed E-state index contributed by atoms with van der Waals surface area (Å²) in [6.07, 6.45) is -2.20. The first-order chi connectivity index (χ1) is 16.2. The summed E-state index contributed by atoms with van der Waals surface area (Å²) in [6.45, 7) is 4.30. The molecule has 2 heterocycles. The van der Waals surface area contributed by atoms with E-state index < -0.39 is 29.2 Å². The molecule has 1 aliphatic heterocycles. The van der Waals surface area contributed by atoms with Gasteiger partial charge in [0.15, 0.2) is 0 Å². The molecule has 2 N–H and O–H groups in total. The molecule has 182 valence electrons. The predicted octanol–water partition coefficient (Wildman–Crippen LogP) is 3.72. The number of fused-ring (bicyclic) bond motifs is 1.